The molecule has 2 aromatic rings. The lowest BCUT2D eigenvalue weighted by Crippen LogP contribution is -2.21. The van der Waals surface area contributed by atoms with Crippen LogP contribution in [0.25, 0.3) is 10.9 Å². The molecule has 21 heavy (non-hydrogen) atoms. The van der Waals surface area contributed by atoms with Crippen molar-refractivity contribution in [2.45, 2.75) is 25.8 Å². The van der Waals surface area contributed by atoms with Crippen LogP contribution in [0.1, 0.15) is 25.0 Å². The van der Waals surface area contributed by atoms with Gasteiger partial charge in [0.2, 0.25) is 0 Å². The number of nitrogens with zero attached hydrogens (tertiary/aromatic N) is 2. The maximum atomic E-state index is 4.78. The van der Waals surface area contributed by atoms with E-state index in [4.69, 9.17) is 4.98 Å². The van der Waals surface area contributed by atoms with Gasteiger partial charge in [0.25, 0.3) is 0 Å². The molecule has 1 aromatic carbocycles. The highest BCUT2D eigenvalue weighted by Crippen LogP contribution is 2.41. The Kier molecular flexibility index (Phi) is 3.30. The fourth-order valence-corrected chi connectivity index (χ4v) is 4.18. The minimum atomic E-state index is 0.832. The molecule has 2 heterocycles. The first-order valence-corrected chi connectivity index (χ1v) is 8.13. The Morgan fingerprint density at radius 3 is 2.71 bits per heavy atom. The molecule has 4 rings (SSSR count). The number of anilines is 1. The van der Waals surface area contributed by atoms with Gasteiger partial charge in [-0.25, -0.2) is 0 Å². The number of pyridine rings is 1. The summed E-state index contributed by atoms with van der Waals surface area (Å²) in [6, 6.07) is 10.9. The van der Waals surface area contributed by atoms with Crippen molar-refractivity contribution in [3.63, 3.8) is 0 Å². The standard InChI is InChI=1S/C18H23N3/c1-19-10-15-9-18(16-7-2-3-8-17(16)20-15)21-11-13-5-4-6-14(13)12-21/h2-3,7-9,13-14,19H,4-6,10-12H2,1H3. The van der Waals surface area contributed by atoms with E-state index in [1.54, 1.807) is 0 Å². The van der Waals surface area contributed by atoms with E-state index in [0.29, 0.717) is 0 Å². The number of benzene rings is 1. The molecule has 3 heteroatoms. The number of rotatable bonds is 3. The predicted molar refractivity (Wildman–Crippen MR) is 87.6 cm³/mol. The minimum absolute atomic E-state index is 0.832. The van der Waals surface area contributed by atoms with Gasteiger partial charge in [0.1, 0.15) is 0 Å². The van der Waals surface area contributed by atoms with Gasteiger partial charge in [-0.15, -0.1) is 0 Å². The van der Waals surface area contributed by atoms with Crippen molar-refractivity contribution in [3.05, 3.63) is 36.0 Å². The molecule has 1 saturated carbocycles. The van der Waals surface area contributed by atoms with Crippen LogP contribution in [0.5, 0.6) is 0 Å². The molecule has 0 radical (unpaired) electrons. The molecule has 110 valence electrons. The Morgan fingerprint density at radius 2 is 1.95 bits per heavy atom. The van der Waals surface area contributed by atoms with E-state index in [-0.39, 0.29) is 0 Å². The topological polar surface area (TPSA) is 28.2 Å². The SMILES string of the molecule is CNCc1cc(N2CC3CCCC3C2)c2ccccc2n1. The Labute approximate surface area is 126 Å². The first kappa shape index (κ1) is 13.1. The van der Waals surface area contributed by atoms with Crippen LogP contribution in [-0.2, 0) is 6.54 Å². The molecule has 2 aliphatic rings. The third kappa shape index (κ3) is 2.30. The minimum Gasteiger partial charge on any atom is -0.370 e. The monoisotopic (exact) mass is 281 g/mol. The summed E-state index contributed by atoms with van der Waals surface area (Å²) in [6.45, 7) is 3.30. The Hall–Kier alpha value is -1.61. The molecular weight excluding hydrogens is 258 g/mol. The first-order chi connectivity index (χ1) is 10.3. The van der Waals surface area contributed by atoms with Gasteiger partial charge >= 0.3 is 0 Å². The van der Waals surface area contributed by atoms with Gasteiger partial charge in [-0.2, -0.15) is 0 Å². The van der Waals surface area contributed by atoms with Crippen LogP contribution in [0.2, 0.25) is 0 Å². The van der Waals surface area contributed by atoms with E-state index < -0.39 is 0 Å². The van der Waals surface area contributed by atoms with Gasteiger partial charge in [-0.3, -0.25) is 4.98 Å². The van der Waals surface area contributed by atoms with E-state index in [2.05, 4.69) is 40.5 Å². The van der Waals surface area contributed by atoms with Crippen molar-refractivity contribution in [1.82, 2.24) is 10.3 Å². The van der Waals surface area contributed by atoms with Crippen LogP contribution in [0.4, 0.5) is 5.69 Å². The van der Waals surface area contributed by atoms with Crippen LogP contribution in [-0.4, -0.2) is 25.1 Å². The number of para-hydroxylation sites is 1. The Bertz CT molecular complexity index is 640. The highest BCUT2D eigenvalue weighted by Gasteiger charge is 2.36. The van der Waals surface area contributed by atoms with Crippen LogP contribution >= 0.6 is 0 Å². The number of hydrogen-bond acceptors (Lipinski definition) is 3. The lowest BCUT2D eigenvalue weighted by Gasteiger charge is -2.22. The molecule has 2 atom stereocenters. The van der Waals surface area contributed by atoms with Gasteiger partial charge in [0.15, 0.2) is 0 Å². The normalized spacial score (nSPS) is 24.7. The second-order valence-electron chi connectivity index (χ2n) is 6.54. The maximum Gasteiger partial charge on any atom is 0.0726 e. The molecule has 1 aliphatic carbocycles. The van der Waals surface area contributed by atoms with Gasteiger partial charge in [0, 0.05) is 30.7 Å². The van der Waals surface area contributed by atoms with Crippen molar-refractivity contribution in [2.75, 3.05) is 25.0 Å². The summed E-state index contributed by atoms with van der Waals surface area (Å²) in [5.41, 5.74) is 3.65. The zero-order valence-corrected chi connectivity index (χ0v) is 12.7. The summed E-state index contributed by atoms with van der Waals surface area (Å²) in [7, 11) is 1.98. The van der Waals surface area contributed by atoms with Gasteiger partial charge in [0.05, 0.1) is 11.2 Å². The molecule has 2 fully saturated rings. The van der Waals surface area contributed by atoms with E-state index >= 15 is 0 Å². The summed E-state index contributed by atoms with van der Waals surface area (Å²) in [6.07, 6.45) is 4.28. The number of nitrogens with one attached hydrogen (secondary N) is 1. The Balaban J connectivity index is 1.76. The largest absolute Gasteiger partial charge is 0.370 e. The Morgan fingerprint density at radius 1 is 1.19 bits per heavy atom. The number of hydrogen-bond donors (Lipinski definition) is 1. The van der Waals surface area contributed by atoms with Crippen molar-refractivity contribution in [3.8, 4) is 0 Å². The molecule has 0 spiro atoms. The third-order valence-corrected chi connectivity index (χ3v) is 5.17. The average Bonchev–Trinajstić information content (AvgIpc) is 3.08. The van der Waals surface area contributed by atoms with E-state index in [1.165, 1.54) is 43.4 Å². The summed E-state index contributed by atoms with van der Waals surface area (Å²) in [5.74, 6) is 1.84. The molecule has 1 N–H and O–H groups in total. The number of aromatic nitrogens is 1. The predicted octanol–water partition coefficient (Wildman–Crippen LogP) is 3.19. The number of fused-ring (bicyclic) bond motifs is 2. The summed E-state index contributed by atoms with van der Waals surface area (Å²) >= 11 is 0. The highest BCUT2D eigenvalue weighted by atomic mass is 15.2. The van der Waals surface area contributed by atoms with Crippen molar-refractivity contribution in [2.24, 2.45) is 11.8 Å². The first-order valence-electron chi connectivity index (χ1n) is 8.13. The highest BCUT2D eigenvalue weighted by molar-refractivity contribution is 5.92. The lowest BCUT2D eigenvalue weighted by molar-refractivity contribution is 0.494. The van der Waals surface area contributed by atoms with Gasteiger partial charge < -0.3 is 10.2 Å². The molecular formula is C18H23N3. The molecule has 1 aromatic heterocycles. The zero-order valence-electron chi connectivity index (χ0n) is 12.7. The molecule has 1 saturated heterocycles. The van der Waals surface area contributed by atoms with E-state index in [1.807, 2.05) is 7.05 Å². The molecule has 2 unspecified atom stereocenters. The molecule has 0 amide bonds. The fourth-order valence-electron chi connectivity index (χ4n) is 4.18. The zero-order chi connectivity index (χ0) is 14.2. The summed E-state index contributed by atoms with van der Waals surface area (Å²) < 4.78 is 0. The summed E-state index contributed by atoms with van der Waals surface area (Å²) in [5, 5.41) is 4.53. The summed E-state index contributed by atoms with van der Waals surface area (Å²) in [4.78, 5) is 7.39. The van der Waals surface area contributed by atoms with Crippen molar-refractivity contribution >= 4 is 16.6 Å². The van der Waals surface area contributed by atoms with Crippen LogP contribution in [0.3, 0.4) is 0 Å². The fraction of sp³-hybridized carbons (Fsp3) is 0.500. The van der Waals surface area contributed by atoms with E-state index in [9.17, 15) is 0 Å². The van der Waals surface area contributed by atoms with Crippen LogP contribution in [0, 0.1) is 11.8 Å². The lowest BCUT2D eigenvalue weighted by atomic mass is 10.0. The van der Waals surface area contributed by atoms with E-state index in [0.717, 1.165) is 29.6 Å². The third-order valence-electron chi connectivity index (χ3n) is 5.17. The van der Waals surface area contributed by atoms with Crippen LogP contribution in [0.15, 0.2) is 30.3 Å². The maximum absolute atomic E-state index is 4.78. The van der Waals surface area contributed by atoms with Gasteiger partial charge in [-0.1, -0.05) is 24.6 Å². The smallest absolute Gasteiger partial charge is 0.0726 e. The average molecular weight is 281 g/mol. The van der Waals surface area contributed by atoms with Crippen molar-refractivity contribution < 1.29 is 0 Å². The second-order valence-corrected chi connectivity index (χ2v) is 6.54. The quantitative estimate of drug-likeness (QED) is 0.936. The molecule has 0 bridgehead atoms. The molecule has 3 nitrogen and oxygen atoms in total. The second kappa shape index (κ2) is 5.30. The molecule has 1 aliphatic heterocycles. The van der Waals surface area contributed by atoms with Crippen molar-refractivity contribution in [1.29, 1.82) is 0 Å². The van der Waals surface area contributed by atoms with Gasteiger partial charge in [-0.05, 0) is 43.9 Å². The van der Waals surface area contributed by atoms with Crippen LogP contribution < -0.4 is 10.2 Å².